The van der Waals surface area contributed by atoms with Crippen LogP contribution in [-0.2, 0) is 11.3 Å². The van der Waals surface area contributed by atoms with Gasteiger partial charge < -0.3 is 10.2 Å². The molecule has 1 aromatic carbocycles. The summed E-state index contributed by atoms with van der Waals surface area (Å²) >= 11 is 1.64. The van der Waals surface area contributed by atoms with Crippen LogP contribution in [0.1, 0.15) is 31.0 Å². The summed E-state index contributed by atoms with van der Waals surface area (Å²) in [6.07, 6.45) is 1.43. The van der Waals surface area contributed by atoms with Crippen molar-refractivity contribution in [1.29, 1.82) is 0 Å². The molecule has 0 radical (unpaired) electrons. The Morgan fingerprint density at radius 2 is 2.07 bits per heavy atom. The number of hydrogen-bond donors (Lipinski definition) is 1. The van der Waals surface area contributed by atoms with Crippen LogP contribution >= 0.6 is 11.8 Å². The van der Waals surface area contributed by atoms with Crippen LogP contribution in [0.2, 0.25) is 0 Å². The Labute approximate surface area is 167 Å². The van der Waals surface area contributed by atoms with Crippen LogP contribution in [0.4, 0.5) is 5.69 Å². The third-order valence-electron chi connectivity index (χ3n) is 4.64. The number of aromatic nitrogens is 2. The molecule has 0 fully saturated rings. The molecule has 2 aromatic rings. The van der Waals surface area contributed by atoms with Crippen molar-refractivity contribution in [2.45, 2.75) is 26.3 Å². The molecule has 2 aliphatic rings. The molecule has 0 unspecified atom stereocenters. The second-order valence-electron chi connectivity index (χ2n) is 7.00. The molecule has 28 heavy (non-hydrogen) atoms. The minimum absolute atomic E-state index is 0.0681. The third kappa shape index (κ3) is 3.73. The lowest BCUT2D eigenvalue weighted by molar-refractivity contribution is -0.116. The quantitative estimate of drug-likeness (QED) is 0.842. The van der Waals surface area contributed by atoms with Crippen molar-refractivity contribution in [3.05, 3.63) is 63.7 Å². The fourth-order valence-electron chi connectivity index (χ4n) is 3.10. The van der Waals surface area contributed by atoms with Gasteiger partial charge in [-0.05, 0) is 23.6 Å². The number of aliphatic imine (C=N–C) groups is 1. The molecule has 0 saturated carbocycles. The Balaban J connectivity index is 1.40. The molecule has 1 N–H and O–H groups in total. The second-order valence-corrected chi connectivity index (χ2v) is 7.83. The first-order valence-corrected chi connectivity index (χ1v) is 10.0. The van der Waals surface area contributed by atoms with E-state index in [9.17, 15) is 9.59 Å². The number of nitrogens with zero attached hydrogens (tertiary/aromatic N) is 4. The Bertz CT molecular complexity index is 1020. The molecule has 0 atom stereocenters. The number of fused-ring (bicyclic) bond motifs is 1. The van der Waals surface area contributed by atoms with Crippen molar-refractivity contribution in [2.24, 2.45) is 4.99 Å². The summed E-state index contributed by atoms with van der Waals surface area (Å²) in [5, 5.41) is 5.98. The lowest BCUT2D eigenvalue weighted by atomic mass is 10.1. The van der Waals surface area contributed by atoms with Gasteiger partial charge in [0.25, 0.3) is 5.56 Å². The van der Waals surface area contributed by atoms with E-state index in [1.165, 1.54) is 17.0 Å². The Kier molecular flexibility index (Phi) is 5.04. The predicted molar refractivity (Wildman–Crippen MR) is 112 cm³/mol. The minimum atomic E-state index is -0.265. The SMILES string of the molecule is CC(C)c1cc(=O)n(CC(=O)Nc2ccc(C3=CSC4=NCCN34)cc2)cn1. The maximum atomic E-state index is 12.3. The minimum Gasteiger partial charge on any atom is -0.325 e. The standard InChI is InChI=1S/C20H21N5O2S/c1-13(2)16-9-19(27)24(12-22-16)10-18(26)23-15-5-3-14(4-6-15)17-11-28-20-21-7-8-25(17)20/h3-6,9,11-13H,7-8,10H2,1-2H3,(H,23,26). The highest BCUT2D eigenvalue weighted by atomic mass is 32.2. The highest BCUT2D eigenvalue weighted by Gasteiger charge is 2.26. The lowest BCUT2D eigenvalue weighted by Crippen LogP contribution is -2.28. The molecule has 0 spiro atoms. The molecule has 0 bridgehead atoms. The number of amides is 1. The Hall–Kier alpha value is -2.87. The van der Waals surface area contributed by atoms with E-state index in [1.807, 2.05) is 38.1 Å². The molecule has 0 saturated heterocycles. The first-order valence-electron chi connectivity index (χ1n) is 9.17. The maximum Gasteiger partial charge on any atom is 0.254 e. The Morgan fingerprint density at radius 3 is 2.79 bits per heavy atom. The van der Waals surface area contributed by atoms with Crippen LogP contribution in [0.25, 0.3) is 5.70 Å². The van der Waals surface area contributed by atoms with Crippen LogP contribution < -0.4 is 10.9 Å². The summed E-state index contributed by atoms with van der Waals surface area (Å²) in [5.41, 5.74) is 3.42. The van der Waals surface area contributed by atoms with E-state index in [0.29, 0.717) is 5.69 Å². The number of carbonyl (C=O) groups is 1. The number of rotatable bonds is 5. The summed E-state index contributed by atoms with van der Waals surface area (Å²) < 4.78 is 1.31. The molecule has 144 valence electrons. The number of benzene rings is 1. The molecule has 3 heterocycles. The van der Waals surface area contributed by atoms with Crippen LogP contribution in [0.3, 0.4) is 0 Å². The van der Waals surface area contributed by atoms with Gasteiger partial charge in [0, 0.05) is 23.7 Å². The zero-order valence-corrected chi connectivity index (χ0v) is 16.6. The van der Waals surface area contributed by atoms with E-state index >= 15 is 0 Å². The monoisotopic (exact) mass is 395 g/mol. The van der Waals surface area contributed by atoms with Crippen LogP contribution in [0.5, 0.6) is 0 Å². The van der Waals surface area contributed by atoms with Gasteiger partial charge >= 0.3 is 0 Å². The average Bonchev–Trinajstić information content (AvgIpc) is 3.28. The number of thioether (sulfide) groups is 1. The predicted octanol–water partition coefficient (Wildman–Crippen LogP) is 2.72. The van der Waals surface area contributed by atoms with Gasteiger partial charge in [0.1, 0.15) is 6.54 Å². The summed E-state index contributed by atoms with van der Waals surface area (Å²) in [6, 6.07) is 9.18. The van der Waals surface area contributed by atoms with Crippen LogP contribution in [0.15, 0.2) is 51.9 Å². The van der Waals surface area contributed by atoms with Gasteiger partial charge in [-0.15, -0.1) is 0 Å². The molecule has 7 nitrogen and oxygen atoms in total. The zero-order valence-electron chi connectivity index (χ0n) is 15.8. The molecular weight excluding hydrogens is 374 g/mol. The smallest absolute Gasteiger partial charge is 0.254 e. The Morgan fingerprint density at radius 1 is 1.29 bits per heavy atom. The summed E-state index contributed by atoms with van der Waals surface area (Å²) in [5.74, 6) is -0.0930. The average molecular weight is 395 g/mol. The third-order valence-corrected chi connectivity index (χ3v) is 5.54. The van der Waals surface area contributed by atoms with E-state index in [-0.39, 0.29) is 23.9 Å². The molecule has 1 aromatic heterocycles. The number of nitrogens with one attached hydrogen (secondary N) is 1. The number of amidine groups is 1. The molecule has 0 aliphatic carbocycles. The van der Waals surface area contributed by atoms with Crippen LogP contribution in [0, 0.1) is 0 Å². The molecule has 8 heteroatoms. The van der Waals surface area contributed by atoms with Gasteiger partial charge in [-0.3, -0.25) is 19.1 Å². The van der Waals surface area contributed by atoms with Crippen molar-refractivity contribution in [3.63, 3.8) is 0 Å². The second kappa shape index (κ2) is 7.63. The van der Waals surface area contributed by atoms with E-state index < -0.39 is 0 Å². The number of hydrogen-bond acceptors (Lipinski definition) is 6. The van der Waals surface area contributed by atoms with Gasteiger partial charge in [-0.25, -0.2) is 4.98 Å². The molecule has 1 amide bonds. The molecular formula is C20H21N5O2S. The van der Waals surface area contributed by atoms with E-state index in [1.54, 1.807) is 11.8 Å². The highest BCUT2D eigenvalue weighted by molar-refractivity contribution is 8.16. The fourth-order valence-corrected chi connectivity index (χ4v) is 4.06. The largest absolute Gasteiger partial charge is 0.325 e. The number of carbonyl (C=O) groups excluding carboxylic acids is 1. The van der Waals surface area contributed by atoms with E-state index in [2.05, 4.69) is 25.6 Å². The topological polar surface area (TPSA) is 79.6 Å². The summed E-state index contributed by atoms with van der Waals surface area (Å²) in [6.45, 7) is 5.62. The van der Waals surface area contributed by atoms with E-state index in [4.69, 9.17) is 0 Å². The normalized spacial score (nSPS) is 15.5. The van der Waals surface area contributed by atoms with Gasteiger partial charge in [0.2, 0.25) is 5.91 Å². The highest BCUT2D eigenvalue weighted by Crippen LogP contribution is 2.35. The summed E-state index contributed by atoms with van der Waals surface area (Å²) in [7, 11) is 0. The van der Waals surface area contributed by atoms with Crippen molar-refractivity contribution >= 4 is 34.2 Å². The van der Waals surface area contributed by atoms with Gasteiger partial charge in [0.05, 0.1) is 24.3 Å². The lowest BCUT2D eigenvalue weighted by Gasteiger charge is -2.17. The van der Waals surface area contributed by atoms with Crippen molar-refractivity contribution < 1.29 is 4.79 Å². The number of anilines is 1. The van der Waals surface area contributed by atoms with Gasteiger partial charge in [-0.1, -0.05) is 37.7 Å². The fraction of sp³-hybridized carbons (Fsp3) is 0.300. The first-order chi connectivity index (χ1) is 13.5. The molecule has 2 aliphatic heterocycles. The maximum absolute atomic E-state index is 12.3. The summed E-state index contributed by atoms with van der Waals surface area (Å²) in [4.78, 5) is 35.3. The van der Waals surface area contributed by atoms with Crippen molar-refractivity contribution in [2.75, 3.05) is 18.4 Å². The van der Waals surface area contributed by atoms with Gasteiger partial charge in [0.15, 0.2) is 5.17 Å². The molecule has 4 rings (SSSR count). The van der Waals surface area contributed by atoms with Crippen molar-refractivity contribution in [1.82, 2.24) is 14.5 Å². The van der Waals surface area contributed by atoms with E-state index in [0.717, 1.165) is 35.2 Å². The van der Waals surface area contributed by atoms with Crippen molar-refractivity contribution in [3.8, 4) is 0 Å². The zero-order chi connectivity index (χ0) is 19.7. The first kappa shape index (κ1) is 18.5. The van der Waals surface area contributed by atoms with Crippen LogP contribution in [-0.4, -0.2) is 38.6 Å². The van der Waals surface area contributed by atoms with Gasteiger partial charge in [-0.2, -0.15) is 0 Å².